The van der Waals surface area contributed by atoms with Crippen molar-refractivity contribution in [3.63, 3.8) is 0 Å². The summed E-state index contributed by atoms with van der Waals surface area (Å²) in [5.41, 5.74) is 5.10. The highest BCUT2D eigenvalue weighted by atomic mass is 32.2. The molecule has 3 unspecified atom stereocenters. The molecular weight excluding hydrogens is 509 g/mol. The van der Waals surface area contributed by atoms with Crippen molar-refractivity contribution in [2.24, 2.45) is 23.0 Å². The van der Waals surface area contributed by atoms with Crippen LogP contribution in [0.2, 0.25) is 0 Å². The molecule has 10 heteroatoms. The summed E-state index contributed by atoms with van der Waals surface area (Å²) in [6.07, 6.45) is -0.531. The predicted molar refractivity (Wildman–Crippen MR) is 145 cm³/mol. The number of carbonyl (C=O) groups excluding carboxylic acids is 2. The minimum atomic E-state index is -4.06. The molecule has 2 amide bonds. The van der Waals surface area contributed by atoms with Crippen LogP contribution in [-0.4, -0.2) is 54.9 Å². The van der Waals surface area contributed by atoms with Crippen LogP contribution >= 0.6 is 0 Å². The number of hydrogen-bond acceptors (Lipinski definition) is 5. The molecule has 210 valence electrons. The normalized spacial score (nSPS) is 14.8. The molecule has 0 spiro atoms. The van der Waals surface area contributed by atoms with Gasteiger partial charge >= 0.3 is 0 Å². The molecule has 0 aliphatic carbocycles. The van der Waals surface area contributed by atoms with Crippen LogP contribution in [0.4, 0.5) is 4.39 Å². The van der Waals surface area contributed by atoms with Crippen LogP contribution in [0.15, 0.2) is 59.5 Å². The van der Waals surface area contributed by atoms with Gasteiger partial charge in [0.25, 0.3) is 0 Å². The topological polar surface area (TPSA) is 130 Å². The van der Waals surface area contributed by atoms with Crippen LogP contribution in [0.25, 0.3) is 0 Å². The van der Waals surface area contributed by atoms with Crippen LogP contribution in [-0.2, 0) is 26.0 Å². The molecule has 0 saturated heterocycles. The van der Waals surface area contributed by atoms with Gasteiger partial charge in [-0.2, -0.15) is 4.31 Å². The van der Waals surface area contributed by atoms with Gasteiger partial charge in [-0.1, -0.05) is 65.0 Å². The Hall–Kier alpha value is -2.82. The fourth-order valence-electron chi connectivity index (χ4n) is 3.86. The third kappa shape index (κ3) is 8.34. The average molecular weight is 550 g/mol. The summed E-state index contributed by atoms with van der Waals surface area (Å²) in [4.78, 5) is 25.0. The predicted octanol–water partition coefficient (Wildman–Crippen LogP) is 3.10. The van der Waals surface area contributed by atoms with Crippen LogP contribution in [0, 0.1) is 23.1 Å². The van der Waals surface area contributed by atoms with Gasteiger partial charge in [0.2, 0.25) is 21.8 Å². The Morgan fingerprint density at radius 2 is 1.63 bits per heavy atom. The first-order chi connectivity index (χ1) is 17.7. The van der Waals surface area contributed by atoms with E-state index in [2.05, 4.69) is 5.32 Å². The Labute approximate surface area is 225 Å². The van der Waals surface area contributed by atoms with Gasteiger partial charge < -0.3 is 16.2 Å². The Kier molecular flexibility index (Phi) is 11.0. The molecule has 0 saturated carbocycles. The number of hydrogen-bond donors (Lipinski definition) is 3. The van der Waals surface area contributed by atoms with E-state index < -0.39 is 51.1 Å². The van der Waals surface area contributed by atoms with Gasteiger partial charge in [-0.05, 0) is 48.6 Å². The highest BCUT2D eigenvalue weighted by Gasteiger charge is 2.39. The summed E-state index contributed by atoms with van der Waals surface area (Å²) < 4.78 is 41.6. The smallest absolute Gasteiger partial charge is 0.243 e. The van der Waals surface area contributed by atoms with Gasteiger partial charge in [0.05, 0.1) is 22.5 Å². The number of aliphatic hydroxyl groups excluding tert-OH is 1. The Morgan fingerprint density at radius 3 is 2.16 bits per heavy atom. The molecule has 4 N–H and O–H groups in total. The number of aliphatic hydroxyl groups is 1. The van der Waals surface area contributed by atoms with E-state index in [0.29, 0.717) is 6.42 Å². The van der Waals surface area contributed by atoms with E-state index >= 15 is 0 Å². The van der Waals surface area contributed by atoms with E-state index in [4.69, 9.17) is 5.73 Å². The second-order valence-electron chi connectivity index (χ2n) is 10.7. The maximum atomic E-state index is 13.5. The molecule has 0 heterocycles. The lowest BCUT2D eigenvalue weighted by Crippen LogP contribution is -2.55. The summed E-state index contributed by atoms with van der Waals surface area (Å²) in [6.45, 7) is 8.50. The number of halogens is 1. The maximum absolute atomic E-state index is 13.5. The van der Waals surface area contributed by atoms with Crippen LogP contribution in [0.5, 0.6) is 0 Å². The molecule has 8 nitrogen and oxygen atoms in total. The minimum Gasteiger partial charge on any atom is -0.390 e. The van der Waals surface area contributed by atoms with Crippen LogP contribution in [0.1, 0.15) is 46.6 Å². The SMILES string of the molecule is CC(C)CCN(CC(O)C(Cc1ccccc1)NC(=O)C(C)(C)C(C)C(N)=O)S(=O)(=O)c1ccc(F)cc1. The molecule has 0 aliphatic heterocycles. The first-order valence-corrected chi connectivity index (χ1v) is 14.2. The first-order valence-electron chi connectivity index (χ1n) is 12.7. The van der Waals surface area contributed by atoms with Crippen molar-refractivity contribution in [2.45, 2.75) is 64.5 Å². The summed E-state index contributed by atoms with van der Waals surface area (Å²) in [6, 6.07) is 12.8. The number of rotatable bonds is 14. The van der Waals surface area contributed by atoms with Crippen molar-refractivity contribution < 1.29 is 27.5 Å². The van der Waals surface area contributed by atoms with Gasteiger partial charge in [-0.25, -0.2) is 12.8 Å². The van der Waals surface area contributed by atoms with E-state index in [1.807, 2.05) is 44.2 Å². The van der Waals surface area contributed by atoms with Crippen molar-refractivity contribution in [3.8, 4) is 0 Å². The lowest BCUT2D eigenvalue weighted by atomic mass is 9.78. The minimum absolute atomic E-state index is 0.0880. The molecule has 0 radical (unpaired) electrons. The number of carbonyl (C=O) groups is 2. The molecule has 0 fully saturated rings. The summed E-state index contributed by atoms with van der Waals surface area (Å²) in [5, 5.41) is 14.2. The average Bonchev–Trinajstić information content (AvgIpc) is 2.85. The highest BCUT2D eigenvalue weighted by molar-refractivity contribution is 7.89. The van der Waals surface area contributed by atoms with Crippen molar-refractivity contribution in [2.75, 3.05) is 13.1 Å². The zero-order valence-electron chi connectivity index (χ0n) is 22.7. The molecule has 38 heavy (non-hydrogen) atoms. The van der Waals surface area contributed by atoms with Gasteiger partial charge in [-0.3, -0.25) is 9.59 Å². The lowest BCUT2D eigenvalue weighted by Gasteiger charge is -2.34. The highest BCUT2D eigenvalue weighted by Crippen LogP contribution is 2.27. The van der Waals surface area contributed by atoms with Crippen molar-refractivity contribution >= 4 is 21.8 Å². The van der Waals surface area contributed by atoms with E-state index in [9.17, 15) is 27.5 Å². The summed E-state index contributed by atoms with van der Waals surface area (Å²) >= 11 is 0. The molecule has 2 aromatic rings. The Bertz CT molecular complexity index is 1170. The van der Waals surface area contributed by atoms with Crippen molar-refractivity contribution in [1.29, 1.82) is 0 Å². The van der Waals surface area contributed by atoms with Crippen LogP contribution in [0.3, 0.4) is 0 Å². The van der Waals surface area contributed by atoms with Gasteiger partial charge in [0.1, 0.15) is 5.82 Å². The van der Waals surface area contributed by atoms with E-state index in [1.165, 1.54) is 16.4 Å². The molecule has 0 bridgehead atoms. The van der Waals surface area contributed by atoms with E-state index in [1.54, 1.807) is 20.8 Å². The first kappa shape index (κ1) is 31.4. The third-order valence-electron chi connectivity index (χ3n) is 6.97. The van der Waals surface area contributed by atoms with E-state index in [-0.39, 0.29) is 30.3 Å². The quantitative estimate of drug-likeness (QED) is 0.333. The largest absolute Gasteiger partial charge is 0.390 e. The zero-order valence-corrected chi connectivity index (χ0v) is 23.5. The third-order valence-corrected chi connectivity index (χ3v) is 8.85. The number of nitrogens with zero attached hydrogens (tertiary/aromatic N) is 1. The second-order valence-corrected chi connectivity index (χ2v) is 12.6. The lowest BCUT2D eigenvalue weighted by molar-refractivity contribution is -0.139. The molecule has 2 aromatic carbocycles. The van der Waals surface area contributed by atoms with Gasteiger partial charge in [0, 0.05) is 19.0 Å². The molecule has 0 aromatic heterocycles. The Balaban J connectivity index is 2.39. The van der Waals surface area contributed by atoms with Crippen LogP contribution < -0.4 is 11.1 Å². The summed E-state index contributed by atoms with van der Waals surface area (Å²) in [7, 11) is -4.06. The number of primary amides is 1. The summed E-state index contributed by atoms with van der Waals surface area (Å²) in [5.74, 6) is -2.27. The van der Waals surface area contributed by atoms with Gasteiger partial charge in [0.15, 0.2) is 0 Å². The van der Waals surface area contributed by atoms with Gasteiger partial charge in [-0.15, -0.1) is 0 Å². The zero-order chi connectivity index (χ0) is 28.7. The van der Waals surface area contributed by atoms with Crippen molar-refractivity contribution in [3.05, 3.63) is 66.0 Å². The number of sulfonamides is 1. The fraction of sp³-hybridized carbons (Fsp3) is 0.500. The standard InChI is InChI=1S/C28H40FN3O5S/c1-19(2)15-16-32(38(36,37)23-13-11-22(29)12-14-23)18-25(33)24(17-21-9-7-6-8-10-21)31-27(35)28(4,5)20(3)26(30)34/h6-14,19-20,24-25,33H,15-18H2,1-5H3,(H2,30,34)(H,31,35). The molecular formula is C28H40FN3O5S. The molecule has 0 aliphatic rings. The molecule has 3 atom stereocenters. The Morgan fingerprint density at radius 1 is 1.05 bits per heavy atom. The number of benzene rings is 2. The maximum Gasteiger partial charge on any atom is 0.243 e. The van der Waals surface area contributed by atoms with Crippen molar-refractivity contribution in [1.82, 2.24) is 9.62 Å². The molecule has 2 rings (SSSR count). The second kappa shape index (κ2) is 13.3. The number of amides is 2. The fourth-order valence-corrected chi connectivity index (χ4v) is 5.33. The number of nitrogens with one attached hydrogen (secondary N) is 1. The monoisotopic (exact) mass is 549 g/mol. The number of nitrogens with two attached hydrogens (primary N) is 1. The van der Waals surface area contributed by atoms with E-state index in [0.717, 1.165) is 17.7 Å².